The van der Waals surface area contributed by atoms with Crippen molar-refractivity contribution in [3.63, 3.8) is 0 Å². The first-order chi connectivity index (χ1) is 16.2. The molecule has 0 unspecified atom stereocenters. The van der Waals surface area contributed by atoms with Crippen LogP contribution in [0.3, 0.4) is 0 Å². The lowest BCUT2D eigenvalue weighted by molar-refractivity contribution is -0.115. The summed E-state index contributed by atoms with van der Waals surface area (Å²) in [6, 6.07) is 15.3. The summed E-state index contributed by atoms with van der Waals surface area (Å²) in [5, 5.41) is 20.2. The third-order valence-corrected chi connectivity index (χ3v) is 8.38. The number of carbonyl (C=O) groups is 1. The Balaban J connectivity index is 1.77. The van der Waals surface area contributed by atoms with Crippen molar-refractivity contribution in [2.75, 3.05) is 18.4 Å². The van der Waals surface area contributed by atoms with Crippen molar-refractivity contribution in [3.05, 3.63) is 54.1 Å². The van der Waals surface area contributed by atoms with Gasteiger partial charge in [-0.05, 0) is 43.3 Å². The molecule has 3 rings (SSSR count). The van der Waals surface area contributed by atoms with Crippen LogP contribution in [0.5, 0.6) is 0 Å². The zero-order chi connectivity index (χ0) is 24.9. The number of carbonyl (C=O) groups excluding carboxylic acids is 1. The van der Waals surface area contributed by atoms with E-state index in [4.69, 9.17) is 5.26 Å². The largest absolute Gasteiger partial charge is 0.325 e. The van der Waals surface area contributed by atoms with E-state index in [9.17, 15) is 13.2 Å². The lowest BCUT2D eigenvalue weighted by atomic mass is 10.2. The van der Waals surface area contributed by atoms with E-state index in [1.807, 2.05) is 6.07 Å². The van der Waals surface area contributed by atoms with Crippen molar-refractivity contribution in [2.24, 2.45) is 7.05 Å². The number of thioether (sulfide) groups is 1. The summed E-state index contributed by atoms with van der Waals surface area (Å²) in [6.07, 6.45) is 0. The smallest absolute Gasteiger partial charge is 0.243 e. The van der Waals surface area contributed by atoms with Gasteiger partial charge in [-0.15, -0.1) is 10.2 Å². The Hall–Kier alpha value is -3.20. The lowest BCUT2D eigenvalue weighted by Crippen LogP contribution is -2.30. The Morgan fingerprint density at radius 1 is 1.18 bits per heavy atom. The van der Waals surface area contributed by atoms with Gasteiger partial charge >= 0.3 is 0 Å². The van der Waals surface area contributed by atoms with Crippen LogP contribution in [-0.2, 0) is 21.9 Å². The van der Waals surface area contributed by atoms with Gasteiger partial charge < -0.3 is 9.88 Å². The fraction of sp³-hybridized carbons (Fsp3) is 0.304. The van der Waals surface area contributed by atoms with Gasteiger partial charge in [-0.3, -0.25) is 4.79 Å². The molecule has 0 fully saturated rings. The zero-order valence-corrected chi connectivity index (χ0v) is 21.0. The Labute approximate surface area is 203 Å². The first-order valence-corrected chi connectivity index (χ1v) is 13.0. The van der Waals surface area contributed by atoms with Crippen LogP contribution in [0.4, 0.5) is 5.69 Å². The van der Waals surface area contributed by atoms with Gasteiger partial charge in [0, 0.05) is 31.4 Å². The Morgan fingerprint density at radius 2 is 1.85 bits per heavy atom. The standard InChI is InChI=1S/C23H26N6O3S2/c1-5-29(6-2)34(31,32)20-9-7-8-18(14-20)21-26-27-23(28(21)4)33-16(3)22(30)25-19-12-10-17(15-24)11-13-19/h7-14,16H,5-6H2,1-4H3,(H,25,30)/t16-/m0/s1. The van der Waals surface area contributed by atoms with E-state index in [0.717, 1.165) is 0 Å². The lowest BCUT2D eigenvalue weighted by Gasteiger charge is -2.18. The number of amides is 1. The van der Waals surface area contributed by atoms with Gasteiger partial charge in [0.1, 0.15) is 0 Å². The molecule has 0 radical (unpaired) electrons. The van der Waals surface area contributed by atoms with Crippen molar-refractivity contribution >= 4 is 33.4 Å². The van der Waals surface area contributed by atoms with Crippen molar-refractivity contribution < 1.29 is 13.2 Å². The molecule has 3 aromatic rings. The minimum atomic E-state index is -3.60. The topological polar surface area (TPSA) is 121 Å². The summed E-state index contributed by atoms with van der Waals surface area (Å²) in [6.45, 7) is 6.13. The van der Waals surface area contributed by atoms with Crippen molar-refractivity contribution in [1.29, 1.82) is 5.26 Å². The monoisotopic (exact) mass is 498 g/mol. The number of nitriles is 1. The highest BCUT2D eigenvalue weighted by Crippen LogP contribution is 2.28. The van der Waals surface area contributed by atoms with Crippen molar-refractivity contribution in [3.8, 4) is 17.5 Å². The number of nitrogens with zero attached hydrogens (tertiary/aromatic N) is 5. The minimum absolute atomic E-state index is 0.195. The van der Waals surface area contributed by atoms with Crippen LogP contribution in [-0.4, -0.2) is 51.7 Å². The predicted molar refractivity (Wildman–Crippen MR) is 132 cm³/mol. The Morgan fingerprint density at radius 3 is 2.47 bits per heavy atom. The Bertz CT molecular complexity index is 1310. The number of anilines is 1. The maximum atomic E-state index is 12.9. The molecule has 1 N–H and O–H groups in total. The molecular formula is C23H26N6O3S2. The highest BCUT2D eigenvalue weighted by molar-refractivity contribution is 8.00. The van der Waals surface area contributed by atoms with Crippen LogP contribution < -0.4 is 5.32 Å². The molecule has 1 aromatic heterocycles. The minimum Gasteiger partial charge on any atom is -0.325 e. The number of hydrogen-bond acceptors (Lipinski definition) is 7. The number of sulfonamides is 1. The van der Waals surface area contributed by atoms with Crippen LogP contribution in [0.25, 0.3) is 11.4 Å². The van der Waals surface area contributed by atoms with Crippen LogP contribution in [0.2, 0.25) is 0 Å². The van der Waals surface area contributed by atoms with Gasteiger partial charge in [-0.2, -0.15) is 9.57 Å². The predicted octanol–water partition coefficient (Wildman–Crippen LogP) is 3.50. The molecule has 2 aromatic carbocycles. The first kappa shape index (κ1) is 25.4. The first-order valence-electron chi connectivity index (χ1n) is 10.7. The highest BCUT2D eigenvalue weighted by atomic mass is 32.2. The van der Waals surface area contributed by atoms with E-state index in [2.05, 4.69) is 15.5 Å². The van der Waals surface area contributed by atoms with Crippen molar-refractivity contribution in [1.82, 2.24) is 19.1 Å². The fourth-order valence-electron chi connectivity index (χ4n) is 3.26. The number of rotatable bonds is 9. The average Bonchev–Trinajstić information content (AvgIpc) is 3.20. The van der Waals surface area contributed by atoms with Crippen LogP contribution in [0.15, 0.2) is 58.6 Å². The molecule has 1 amide bonds. The molecular weight excluding hydrogens is 472 g/mol. The third kappa shape index (κ3) is 5.47. The summed E-state index contributed by atoms with van der Waals surface area (Å²) >= 11 is 1.24. The fourth-order valence-corrected chi connectivity index (χ4v) is 5.58. The van der Waals surface area contributed by atoms with Crippen molar-refractivity contribution in [2.45, 2.75) is 36.1 Å². The number of nitrogens with one attached hydrogen (secondary N) is 1. The molecule has 1 atom stereocenters. The average molecular weight is 499 g/mol. The summed E-state index contributed by atoms with van der Waals surface area (Å²) in [5.41, 5.74) is 1.73. The van der Waals surface area contributed by atoms with E-state index in [-0.39, 0.29) is 10.8 Å². The molecule has 0 saturated carbocycles. The van der Waals surface area contributed by atoms with Gasteiger partial charge in [0.05, 0.1) is 21.8 Å². The maximum Gasteiger partial charge on any atom is 0.243 e. The molecule has 0 bridgehead atoms. The third-order valence-electron chi connectivity index (χ3n) is 5.20. The summed E-state index contributed by atoms with van der Waals surface area (Å²) in [5.74, 6) is 0.283. The van der Waals surface area contributed by atoms with Gasteiger partial charge in [-0.25, -0.2) is 8.42 Å². The van der Waals surface area contributed by atoms with Gasteiger partial charge in [0.15, 0.2) is 11.0 Å². The molecule has 1 heterocycles. The number of aromatic nitrogens is 3. The molecule has 34 heavy (non-hydrogen) atoms. The molecule has 11 heteroatoms. The molecule has 0 saturated heterocycles. The van der Waals surface area contributed by atoms with E-state index >= 15 is 0 Å². The number of hydrogen-bond donors (Lipinski definition) is 1. The van der Waals surface area contributed by atoms with E-state index in [1.54, 1.807) is 80.9 Å². The SMILES string of the molecule is CCN(CC)S(=O)(=O)c1cccc(-c2nnc(S[C@@H](C)C(=O)Nc3ccc(C#N)cc3)n2C)c1. The van der Waals surface area contributed by atoms with Crippen LogP contribution in [0.1, 0.15) is 26.3 Å². The second kappa shape index (κ2) is 10.8. The molecule has 0 aliphatic heterocycles. The van der Waals surface area contributed by atoms with Crippen LogP contribution in [0, 0.1) is 11.3 Å². The Kier molecular flexibility index (Phi) is 8.09. The summed E-state index contributed by atoms with van der Waals surface area (Å²) in [4.78, 5) is 12.8. The highest BCUT2D eigenvalue weighted by Gasteiger charge is 2.23. The molecule has 9 nitrogen and oxygen atoms in total. The number of benzene rings is 2. The van der Waals surface area contributed by atoms with Gasteiger partial charge in [-0.1, -0.05) is 37.7 Å². The van der Waals surface area contributed by atoms with Gasteiger partial charge in [0.2, 0.25) is 15.9 Å². The normalized spacial score (nSPS) is 12.4. The molecule has 178 valence electrons. The summed E-state index contributed by atoms with van der Waals surface area (Å²) < 4.78 is 28.9. The molecule has 0 aliphatic carbocycles. The zero-order valence-electron chi connectivity index (χ0n) is 19.4. The molecule has 0 spiro atoms. The quantitative estimate of drug-likeness (QED) is 0.448. The van der Waals surface area contributed by atoms with E-state index in [0.29, 0.717) is 40.9 Å². The van der Waals surface area contributed by atoms with Crippen LogP contribution >= 0.6 is 11.8 Å². The van der Waals surface area contributed by atoms with Gasteiger partial charge in [0.25, 0.3) is 0 Å². The second-order valence-corrected chi connectivity index (χ2v) is 10.7. The van der Waals surface area contributed by atoms with E-state index in [1.165, 1.54) is 16.1 Å². The second-order valence-electron chi connectivity index (χ2n) is 7.42. The molecule has 0 aliphatic rings. The van der Waals surface area contributed by atoms with E-state index < -0.39 is 15.3 Å². The maximum absolute atomic E-state index is 12.9. The summed E-state index contributed by atoms with van der Waals surface area (Å²) in [7, 11) is -1.83.